The molecule has 6 nitrogen and oxygen atoms in total. The van der Waals surface area contributed by atoms with Crippen LogP contribution in [-0.2, 0) is 9.47 Å². The molecule has 0 saturated heterocycles. The Hall–Kier alpha value is -1.53. The van der Waals surface area contributed by atoms with Crippen LogP contribution in [0.1, 0.15) is 45.9 Å². The van der Waals surface area contributed by atoms with Crippen molar-refractivity contribution in [3.05, 3.63) is 24.2 Å². The highest BCUT2D eigenvalue weighted by molar-refractivity contribution is 5.68. The quantitative estimate of drug-likeness (QED) is 0.755. The second kappa shape index (κ2) is 9.57. The first-order valence-corrected chi connectivity index (χ1v) is 8.11. The lowest BCUT2D eigenvalue weighted by atomic mass is 10.2. The van der Waals surface area contributed by atoms with Crippen LogP contribution >= 0.6 is 0 Å². The van der Waals surface area contributed by atoms with E-state index in [0.717, 1.165) is 12.2 Å². The number of nitrogens with zero attached hydrogens (tertiary/aromatic N) is 1. The molecule has 1 atom stereocenters. The molecule has 0 fully saturated rings. The van der Waals surface area contributed by atoms with Crippen LogP contribution in [0.3, 0.4) is 0 Å². The minimum Gasteiger partial charge on any atom is -0.468 e. The van der Waals surface area contributed by atoms with E-state index in [2.05, 4.69) is 12.2 Å². The Morgan fingerprint density at radius 2 is 2.13 bits per heavy atom. The van der Waals surface area contributed by atoms with Crippen molar-refractivity contribution in [2.75, 3.05) is 33.4 Å². The fraction of sp³-hybridized carbons (Fsp3) is 0.706. The van der Waals surface area contributed by atoms with Gasteiger partial charge < -0.3 is 24.1 Å². The zero-order valence-electron chi connectivity index (χ0n) is 14.9. The zero-order chi connectivity index (χ0) is 17.3. The summed E-state index contributed by atoms with van der Waals surface area (Å²) in [6, 6.07) is 3.98. The summed E-state index contributed by atoms with van der Waals surface area (Å²) >= 11 is 0. The SMILES string of the molecule is CCC(NCCN(CCOC)C(=O)OC(C)(C)C)c1ccco1. The van der Waals surface area contributed by atoms with Crippen molar-refractivity contribution in [1.82, 2.24) is 10.2 Å². The average Bonchev–Trinajstić information content (AvgIpc) is 2.98. The molecule has 0 aliphatic rings. The Balaban J connectivity index is 2.51. The summed E-state index contributed by atoms with van der Waals surface area (Å²) in [5, 5.41) is 3.41. The van der Waals surface area contributed by atoms with E-state index in [4.69, 9.17) is 13.9 Å². The molecule has 0 radical (unpaired) electrons. The van der Waals surface area contributed by atoms with Gasteiger partial charge in [0.2, 0.25) is 0 Å². The molecule has 1 rings (SSSR count). The van der Waals surface area contributed by atoms with Crippen LogP contribution in [0.2, 0.25) is 0 Å². The Labute approximate surface area is 139 Å². The minimum atomic E-state index is -0.504. The van der Waals surface area contributed by atoms with E-state index in [9.17, 15) is 4.79 Å². The average molecular weight is 326 g/mol. The molecule has 0 bridgehead atoms. The molecule has 0 spiro atoms. The van der Waals surface area contributed by atoms with Crippen LogP contribution in [0.4, 0.5) is 4.79 Å². The molecule has 6 heteroatoms. The lowest BCUT2D eigenvalue weighted by molar-refractivity contribution is 0.0202. The Morgan fingerprint density at radius 1 is 1.39 bits per heavy atom. The summed E-state index contributed by atoms with van der Waals surface area (Å²) in [5.74, 6) is 0.910. The maximum Gasteiger partial charge on any atom is 0.410 e. The first kappa shape index (κ1) is 19.5. The second-order valence-corrected chi connectivity index (χ2v) is 6.39. The molecule has 132 valence electrons. The third-order valence-corrected chi connectivity index (χ3v) is 3.28. The number of rotatable bonds is 9. The Kier molecular flexibility index (Phi) is 8.12. The molecular formula is C17H30N2O4. The summed E-state index contributed by atoms with van der Waals surface area (Å²) in [6.45, 7) is 9.87. The van der Waals surface area contributed by atoms with Gasteiger partial charge in [0, 0.05) is 26.7 Å². The minimum absolute atomic E-state index is 0.146. The summed E-state index contributed by atoms with van der Waals surface area (Å²) < 4.78 is 15.9. The summed E-state index contributed by atoms with van der Waals surface area (Å²) in [4.78, 5) is 13.9. The topological polar surface area (TPSA) is 63.9 Å². The standard InChI is InChI=1S/C17H30N2O4/c1-6-14(15-8-7-12-22-15)18-9-10-19(11-13-21-5)16(20)23-17(2,3)4/h7-8,12,14,18H,6,9-11,13H2,1-5H3. The maximum absolute atomic E-state index is 12.2. The lowest BCUT2D eigenvalue weighted by Crippen LogP contribution is -2.42. The van der Waals surface area contributed by atoms with Crippen molar-refractivity contribution < 1.29 is 18.7 Å². The molecule has 1 N–H and O–H groups in total. The van der Waals surface area contributed by atoms with Gasteiger partial charge in [-0.3, -0.25) is 0 Å². The smallest absolute Gasteiger partial charge is 0.410 e. The fourth-order valence-corrected chi connectivity index (χ4v) is 2.13. The monoisotopic (exact) mass is 326 g/mol. The van der Waals surface area contributed by atoms with E-state index >= 15 is 0 Å². The molecule has 1 amide bonds. The third-order valence-electron chi connectivity index (χ3n) is 3.28. The van der Waals surface area contributed by atoms with Gasteiger partial charge in [0.25, 0.3) is 0 Å². The van der Waals surface area contributed by atoms with Gasteiger partial charge in [-0.25, -0.2) is 4.79 Å². The molecule has 1 aromatic heterocycles. The Morgan fingerprint density at radius 3 is 2.65 bits per heavy atom. The number of carbonyl (C=O) groups excluding carboxylic acids is 1. The Bertz CT molecular complexity index is 440. The largest absolute Gasteiger partial charge is 0.468 e. The number of methoxy groups -OCH3 is 1. The van der Waals surface area contributed by atoms with Gasteiger partial charge in [-0.1, -0.05) is 6.92 Å². The maximum atomic E-state index is 12.2. The van der Waals surface area contributed by atoms with E-state index in [1.165, 1.54) is 0 Å². The number of amides is 1. The predicted molar refractivity (Wildman–Crippen MR) is 89.4 cm³/mol. The first-order chi connectivity index (χ1) is 10.9. The number of carbonyl (C=O) groups is 1. The van der Waals surface area contributed by atoms with Crippen LogP contribution in [0.15, 0.2) is 22.8 Å². The molecule has 0 saturated carbocycles. The van der Waals surface area contributed by atoms with Gasteiger partial charge >= 0.3 is 6.09 Å². The van der Waals surface area contributed by atoms with Crippen LogP contribution in [0, 0.1) is 0 Å². The zero-order valence-corrected chi connectivity index (χ0v) is 14.9. The van der Waals surface area contributed by atoms with E-state index in [-0.39, 0.29) is 12.1 Å². The van der Waals surface area contributed by atoms with Crippen molar-refractivity contribution >= 4 is 6.09 Å². The molecule has 1 aromatic rings. The van der Waals surface area contributed by atoms with Gasteiger partial charge in [0.1, 0.15) is 11.4 Å². The van der Waals surface area contributed by atoms with Gasteiger partial charge in [0.05, 0.1) is 18.9 Å². The predicted octanol–water partition coefficient (Wildman–Crippen LogP) is 3.20. The fourth-order valence-electron chi connectivity index (χ4n) is 2.13. The van der Waals surface area contributed by atoms with Gasteiger partial charge in [-0.15, -0.1) is 0 Å². The lowest BCUT2D eigenvalue weighted by Gasteiger charge is -2.28. The van der Waals surface area contributed by atoms with Crippen molar-refractivity contribution in [2.45, 2.75) is 45.8 Å². The summed E-state index contributed by atoms with van der Waals surface area (Å²) in [5.41, 5.74) is -0.504. The second-order valence-electron chi connectivity index (χ2n) is 6.39. The summed E-state index contributed by atoms with van der Waals surface area (Å²) in [6.07, 6.45) is 2.27. The van der Waals surface area contributed by atoms with Crippen LogP contribution < -0.4 is 5.32 Å². The van der Waals surface area contributed by atoms with Crippen LogP contribution in [0.25, 0.3) is 0 Å². The van der Waals surface area contributed by atoms with Gasteiger partial charge in [0.15, 0.2) is 0 Å². The number of hydrogen-bond donors (Lipinski definition) is 1. The molecule has 23 heavy (non-hydrogen) atoms. The molecule has 0 aliphatic carbocycles. The number of furan rings is 1. The van der Waals surface area contributed by atoms with E-state index in [1.807, 2.05) is 32.9 Å². The molecule has 1 heterocycles. The van der Waals surface area contributed by atoms with E-state index in [0.29, 0.717) is 26.2 Å². The van der Waals surface area contributed by atoms with E-state index < -0.39 is 5.60 Å². The van der Waals surface area contributed by atoms with E-state index in [1.54, 1.807) is 18.3 Å². The van der Waals surface area contributed by atoms with Crippen molar-refractivity contribution in [1.29, 1.82) is 0 Å². The number of ether oxygens (including phenoxy) is 2. The van der Waals surface area contributed by atoms with Crippen LogP contribution in [-0.4, -0.2) is 49.9 Å². The highest BCUT2D eigenvalue weighted by atomic mass is 16.6. The van der Waals surface area contributed by atoms with Gasteiger partial charge in [-0.05, 0) is 39.3 Å². The molecule has 0 aliphatic heterocycles. The normalized spacial score (nSPS) is 12.9. The molecular weight excluding hydrogens is 296 g/mol. The number of hydrogen-bond acceptors (Lipinski definition) is 5. The van der Waals surface area contributed by atoms with Crippen molar-refractivity contribution in [3.63, 3.8) is 0 Å². The third kappa shape index (κ3) is 7.52. The van der Waals surface area contributed by atoms with Crippen LogP contribution in [0.5, 0.6) is 0 Å². The molecule has 0 aromatic carbocycles. The highest BCUT2D eigenvalue weighted by Gasteiger charge is 2.22. The number of nitrogens with one attached hydrogen (secondary N) is 1. The van der Waals surface area contributed by atoms with Gasteiger partial charge in [-0.2, -0.15) is 0 Å². The highest BCUT2D eigenvalue weighted by Crippen LogP contribution is 2.16. The van der Waals surface area contributed by atoms with Crippen molar-refractivity contribution in [2.24, 2.45) is 0 Å². The first-order valence-electron chi connectivity index (χ1n) is 8.11. The van der Waals surface area contributed by atoms with Crippen molar-refractivity contribution in [3.8, 4) is 0 Å². The molecule has 1 unspecified atom stereocenters. The summed E-state index contributed by atoms with van der Waals surface area (Å²) in [7, 11) is 1.62.